The first-order chi connectivity index (χ1) is 6.22. The molecule has 3 heteroatoms. The predicted molar refractivity (Wildman–Crippen MR) is 57.8 cm³/mol. The highest BCUT2D eigenvalue weighted by molar-refractivity contribution is 8.03. The normalized spacial score (nSPS) is 9.69. The Bertz CT molecular complexity index is 166. The van der Waals surface area contributed by atoms with E-state index in [9.17, 15) is 4.79 Å². The van der Waals surface area contributed by atoms with Crippen LogP contribution >= 0.6 is 11.8 Å². The van der Waals surface area contributed by atoms with Crippen LogP contribution in [0, 0.1) is 0 Å². The van der Waals surface area contributed by atoms with Gasteiger partial charge in [0.15, 0.2) is 0 Å². The Morgan fingerprint density at radius 2 is 2.08 bits per heavy atom. The molecule has 0 saturated carbocycles. The SMILES string of the molecule is C=C(SC)C(=O)OCCCCCC. The minimum atomic E-state index is -0.274. The second-order valence-electron chi connectivity index (χ2n) is 2.82. The van der Waals surface area contributed by atoms with E-state index in [1.54, 1.807) is 0 Å². The number of hydrogen-bond acceptors (Lipinski definition) is 3. The van der Waals surface area contributed by atoms with Crippen molar-refractivity contribution in [2.75, 3.05) is 12.9 Å². The molecule has 0 aromatic heterocycles. The van der Waals surface area contributed by atoms with Crippen LogP contribution in [0.2, 0.25) is 0 Å². The Labute approximate surface area is 84.7 Å². The van der Waals surface area contributed by atoms with Gasteiger partial charge in [0, 0.05) is 0 Å². The second-order valence-corrected chi connectivity index (χ2v) is 3.72. The van der Waals surface area contributed by atoms with Gasteiger partial charge in [-0.2, -0.15) is 0 Å². The maximum absolute atomic E-state index is 11.1. The van der Waals surface area contributed by atoms with Crippen LogP contribution < -0.4 is 0 Å². The zero-order chi connectivity index (χ0) is 10.1. The lowest BCUT2D eigenvalue weighted by atomic mass is 10.2. The summed E-state index contributed by atoms with van der Waals surface area (Å²) in [5.74, 6) is -0.274. The number of rotatable bonds is 7. The maximum Gasteiger partial charge on any atom is 0.343 e. The van der Waals surface area contributed by atoms with Crippen molar-refractivity contribution in [3.8, 4) is 0 Å². The first-order valence-electron chi connectivity index (χ1n) is 4.62. The molecule has 0 aromatic rings. The Morgan fingerprint density at radius 3 is 2.62 bits per heavy atom. The lowest BCUT2D eigenvalue weighted by Crippen LogP contribution is -2.05. The molecule has 0 unspecified atom stereocenters. The third-order valence-corrected chi connectivity index (χ3v) is 2.36. The molecule has 0 amide bonds. The van der Waals surface area contributed by atoms with E-state index in [0.717, 1.165) is 12.8 Å². The van der Waals surface area contributed by atoms with Crippen LogP contribution in [0.25, 0.3) is 0 Å². The first-order valence-corrected chi connectivity index (χ1v) is 5.84. The highest BCUT2D eigenvalue weighted by Gasteiger charge is 2.05. The molecule has 0 fully saturated rings. The summed E-state index contributed by atoms with van der Waals surface area (Å²) in [6.07, 6.45) is 6.32. The van der Waals surface area contributed by atoms with Crippen molar-refractivity contribution in [1.82, 2.24) is 0 Å². The smallest absolute Gasteiger partial charge is 0.343 e. The molecule has 0 rings (SSSR count). The average molecular weight is 202 g/mol. The van der Waals surface area contributed by atoms with Gasteiger partial charge >= 0.3 is 5.97 Å². The fourth-order valence-electron chi connectivity index (χ4n) is 0.858. The molecule has 0 N–H and O–H groups in total. The molecular weight excluding hydrogens is 184 g/mol. The zero-order valence-electron chi connectivity index (χ0n) is 8.47. The fourth-order valence-corrected chi connectivity index (χ4v) is 1.08. The van der Waals surface area contributed by atoms with Crippen LogP contribution in [-0.4, -0.2) is 18.8 Å². The van der Waals surface area contributed by atoms with Crippen molar-refractivity contribution in [2.45, 2.75) is 32.6 Å². The number of hydrogen-bond donors (Lipinski definition) is 0. The lowest BCUT2D eigenvalue weighted by molar-refractivity contribution is -0.138. The van der Waals surface area contributed by atoms with Gasteiger partial charge in [-0.25, -0.2) is 4.79 Å². The van der Waals surface area contributed by atoms with Gasteiger partial charge in [0.05, 0.1) is 11.5 Å². The van der Waals surface area contributed by atoms with Gasteiger partial charge < -0.3 is 4.74 Å². The minimum Gasteiger partial charge on any atom is -0.462 e. The Morgan fingerprint density at radius 1 is 1.38 bits per heavy atom. The molecule has 13 heavy (non-hydrogen) atoms. The van der Waals surface area contributed by atoms with Crippen LogP contribution in [0.15, 0.2) is 11.5 Å². The van der Waals surface area contributed by atoms with Crippen molar-refractivity contribution >= 4 is 17.7 Å². The van der Waals surface area contributed by atoms with E-state index in [1.165, 1.54) is 24.6 Å². The third-order valence-electron chi connectivity index (χ3n) is 1.71. The Kier molecular flexibility index (Phi) is 7.90. The molecule has 0 saturated heterocycles. The monoisotopic (exact) mass is 202 g/mol. The Hall–Kier alpha value is -0.440. The van der Waals surface area contributed by atoms with Gasteiger partial charge in [0.25, 0.3) is 0 Å². The molecule has 0 atom stereocenters. The number of thioether (sulfide) groups is 1. The summed E-state index contributed by atoms with van der Waals surface area (Å²) in [6, 6.07) is 0. The number of carbonyl (C=O) groups excluding carboxylic acids is 1. The largest absolute Gasteiger partial charge is 0.462 e. The van der Waals surface area contributed by atoms with Gasteiger partial charge in [0.2, 0.25) is 0 Å². The zero-order valence-corrected chi connectivity index (χ0v) is 9.28. The number of carbonyl (C=O) groups is 1. The Balaban J connectivity index is 3.32. The second kappa shape index (κ2) is 8.17. The molecule has 0 aliphatic carbocycles. The summed E-state index contributed by atoms with van der Waals surface area (Å²) in [6.45, 7) is 6.26. The molecule has 0 spiro atoms. The van der Waals surface area contributed by atoms with Gasteiger partial charge in [0.1, 0.15) is 0 Å². The summed E-state index contributed by atoms with van der Waals surface area (Å²) in [5.41, 5.74) is 0. The molecule has 0 radical (unpaired) electrons. The van der Waals surface area contributed by atoms with E-state index in [4.69, 9.17) is 4.74 Å². The van der Waals surface area contributed by atoms with Crippen LogP contribution in [0.5, 0.6) is 0 Å². The standard InChI is InChI=1S/C10H18O2S/c1-4-5-6-7-8-12-10(11)9(2)13-3/h2,4-8H2,1,3H3. The third kappa shape index (κ3) is 6.70. The quantitative estimate of drug-likeness (QED) is 0.360. The van der Waals surface area contributed by atoms with E-state index in [2.05, 4.69) is 13.5 Å². The van der Waals surface area contributed by atoms with Crippen LogP contribution in [0.3, 0.4) is 0 Å². The minimum absolute atomic E-state index is 0.274. The van der Waals surface area contributed by atoms with Crippen molar-refractivity contribution in [3.63, 3.8) is 0 Å². The van der Waals surface area contributed by atoms with Crippen molar-refractivity contribution in [3.05, 3.63) is 11.5 Å². The van der Waals surface area contributed by atoms with E-state index in [0.29, 0.717) is 11.5 Å². The van der Waals surface area contributed by atoms with E-state index < -0.39 is 0 Å². The van der Waals surface area contributed by atoms with Crippen LogP contribution in [-0.2, 0) is 9.53 Å². The predicted octanol–water partition coefficient (Wildman–Crippen LogP) is 2.99. The molecule has 0 aliphatic rings. The van der Waals surface area contributed by atoms with Crippen molar-refractivity contribution < 1.29 is 9.53 Å². The molecule has 0 aliphatic heterocycles. The lowest BCUT2D eigenvalue weighted by Gasteiger charge is -2.04. The summed E-state index contributed by atoms with van der Waals surface area (Å²) >= 11 is 1.33. The number of esters is 1. The fraction of sp³-hybridized carbons (Fsp3) is 0.700. The van der Waals surface area contributed by atoms with E-state index in [-0.39, 0.29) is 5.97 Å². The van der Waals surface area contributed by atoms with Crippen LogP contribution in [0.4, 0.5) is 0 Å². The molecule has 76 valence electrons. The van der Waals surface area contributed by atoms with E-state index >= 15 is 0 Å². The van der Waals surface area contributed by atoms with Gasteiger partial charge in [-0.15, -0.1) is 11.8 Å². The molecule has 0 aromatic carbocycles. The van der Waals surface area contributed by atoms with Crippen molar-refractivity contribution in [2.24, 2.45) is 0 Å². The van der Waals surface area contributed by atoms with Gasteiger partial charge in [-0.1, -0.05) is 32.8 Å². The summed E-state index contributed by atoms with van der Waals surface area (Å²) in [4.78, 5) is 11.5. The maximum atomic E-state index is 11.1. The number of ether oxygens (including phenoxy) is 1. The number of unbranched alkanes of at least 4 members (excludes halogenated alkanes) is 3. The van der Waals surface area contributed by atoms with Gasteiger partial charge in [-0.05, 0) is 12.7 Å². The molecule has 0 heterocycles. The first kappa shape index (κ1) is 12.6. The highest BCUT2D eigenvalue weighted by Crippen LogP contribution is 2.10. The summed E-state index contributed by atoms with van der Waals surface area (Å²) in [5, 5.41) is 0. The van der Waals surface area contributed by atoms with E-state index in [1.807, 2.05) is 6.26 Å². The van der Waals surface area contributed by atoms with Gasteiger partial charge in [-0.3, -0.25) is 0 Å². The molecular formula is C10H18O2S. The molecule has 2 nitrogen and oxygen atoms in total. The van der Waals surface area contributed by atoms with Crippen LogP contribution in [0.1, 0.15) is 32.6 Å². The molecule has 0 bridgehead atoms. The summed E-state index contributed by atoms with van der Waals surface area (Å²) < 4.78 is 4.98. The van der Waals surface area contributed by atoms with Crippen molar-refractivity contribution in [1.29, 1.82) is 0 Å². The summed E-state index contributed by atoms with van der Waals surface area (Å²) in [7, 11) is 0. The topological polar surface area (TPSA) is 26.3 Å². The average Bonchev–Trinajstić information content (AvgIpc) is 2.16. The highest BCUT2D eigenvalue weighted by atomic mass is 32.2.